The molecule has 0 bridgehead atoms. The molecule has 2 atom stereocenters. The van der Waals surface area contributed by atoms with E-state index in [1.165, 1.54) is 5.01 Å². The molecule has 2 aliphatic rings. The number of hydrogen-bond donors (Lipinski definition) is 0. The van der Waals surface area contributed by atoms with E-state index in [4.69, 9.17) is 9.26 Å². The highest BCUT2D eigenvalue weighted by Gasteiger charge is 2.55. The van der Waals surface area contributed by atoms with Crippen molar-refractivity contribution in [2.24, 2.45) is 10.3 Å². The van der Waals surface area contributed by atoms with Crippen molar-refractivity contribution < 1.29 is 18.8 Å². The first-order valence-electron chi connectivity index (χ1n) is 9.92. The fraction of sp³-hybridized carbons (Fsp3) is 0.238. The summed E-state index contributed by atoms with van der Waals surface area (Å²) in [6.45, 7) is 2.47. The van der Waals surface area contributed by atoms with E-state index in [2.05, 4.69) is 36.4 Å². The molecule has 1 aromatic heterocycles. The van der Waals surface area contributed by atoms with Crippen molar-refractivity contribution in [3.8, 4) is 17.1 Å². The van der Waals surface area contributed by atoms with Crippen molar-refractivity contribution in [3.05, 3.63) is 58.9 Å². The number of imide groups is 1. The summed E-state index contributed by atoms with van der Waals surface area (Å²) >= 11 is 3.39. The summed E-state index contributed by atoms with van der Waals surface area (Å²) in [5.41, 5.74) is 1.25. The van der Waals surface area contributed by atoms with Gasteiger partial charge in [0.2, 0.25) is 11.7 Å². The molecule has 3 aromatic rings. The smallest absolute Gasteiger partial charge is 0.263 e. The number of aromatic nitrogens is 2. The van der Waals surface area contributed by atoms with Crippen LogP contribution in [-0.4, -0.2) is 45.7 Å². The summed E-state index contributed by atoms with van der Waals surface area (Å²) in [6.07, 6.45) is 0. The van der Waals surface area contributed by atoms with Crippen LogP contribution in [0.3, 0.4) is 0 Å². The Morgan fingerprint density at radius 2 is 1.81 bits per heavy atom. The first-order valence-corrected chi connectivity index (χ1v) is 10.7. The number of ether oxygens (including phenoxy) is 1. The Hall–Kier alpha value is -3.60. The predicted octanol–water partition coefficient (Wildman–Crippen LogP) is 3.39. The average molecular weight is 497 g/mol. The zero-order valence-electron chi connectivity index (χ0n) is 16.9. The molecule has 32 heavy (non-hydrogen) atoms. The van der Waals surface area contributed by atoms with Gasteiger partial charge in [-0.25, -0.2) is 4.90 Å². The Morgan fingerprint density at radius 3 is 2.53 bits per heavy atom. The zero-order valence-corrected chi connectivity index (χ0v) is 18.5. The molecular formula is C21H17BrN6O4. The van der Waals surface area contributed by atoms with Crippen molar-refractivity contribution in [1.82, 2.24) is 15.1 Å². The van der Waals surface area contributed by atoms with Crippen LogP contribution in [0.25, 0.3) is 11.4 Å². The number of carbonyl (C=O) groups is 2. The van der Waals surface area contributed by atoms with E-state index in [9.17, 15) is 9.59 Å². The number of fused-ring (bicyclic) bond motifs is 1. The van der Waals surface area contributed by atoms with Crippen LogP contribution in [0.1, 0.15) is 12.8 Å². The molecule has 3 heterocycles. The number of carbonyl (C=O) groups excluding carboxylic acids is 2. The first kappa shape index (κ1) is 20.3. The highest BCUT2D eigenvalue weighted by atomic mass is 79.9. The number of rotatable bonds is 6. The van der Waals surface area contributed by atoms with Gasteiger partial charge >= 0.3 is 0 Å². The predicted molar refractivity (Wildman–Crippen MR) is 116 cm³/mol. The number of nitrogens with zero attached hydrogens (tertiary/aromatic N) is 6. The van der Waals surface area contributed by atoms with Gasteiger partial charge < -0.3 is 9.26 Å². The molecule has 11 heteroatoms. The molecule has 0 unspecified atom stereocenters. The molecular weight excluding hydrogens is 480 g/mol. The summed E-state index contributed by atoms with van der Waals surface area (Å²) in [7, 11) is 0. The SMILES string of the molecule is CCOc1ccc(N2C(=O)[C@H]3N=NN(Cc4nc(-c5ccc(Br)cc5)no4)[C@H]3C2=O)cc1. The number of hydrogen-bond acceptors (Lipinski definition) is 9. The largest absolute Gasteiger partial charge is 0.494 e. The lowest BCUT2D eigenvalue weighted by Crippen LogP contribution is -2.39. The second-order valence-electron chi connectivity index (χ2n) is 7.15. The fourth-order valence-electron chi connectivity index (χ4n) is 3.64. The molecule has 0 saturated carbocycles. The fourth-order valence-corrected chi connectivity index (χ4v) is 3.90. The van der Waals surface area contributed by atoms with Crippen LogP contribution in [0.5, 0.6) is 5.75 Å². The second-order valence-corrected chi connectivity index (χ2v) is 8.07. The van der Waals surface area contributed by atoms with Crippen LogP contribution in [-0.2, 0) is 16.1 Å². The van der Waals surface area contributed by atoms with E-state index in [1.807, 2.05) is 31.2 Å². The summed E-state index contributed by atoms with van der Waals surface area (Å²) in [4.78, 5) is 31.5. The van der Waals surface area contributed by atoms with E-state index < -0.39 is 23.9 Å². The van der Waals surface area contributed by atoms with Crippen molar-refractivity contribution in [2.45, 2.75) is 25.6 Å². The first-order chi connectivity index (χ1) is 15.5. The Balaban J connectivity index is 1.33. The molecule has 0 N–H and O–H groups in total. The van der Waals surface area contributed by atoms with Gasteiger partial charge in [0.1, 0.15) is 12.3 Å². The minimum Gasteiger partial charge on any atom is -0.494 e. The quantitative estimate of drug-likeness (QED) is 0.480. The maximum atomic E-state index is 13.1. The molecule has 162 valence electrons. The van der Waals surface area contributed by atoms with E-state index in [0.717, 1.165) is 14.9 Å². The number of benzene rings is 2. The van der Waals surface area contributed by atoms with Gasteiger partial charge in [-0.2, -0.15) is 10.1 Å². The van der Waals surface area contributed by atoms with Gasteiger partial charge in [0.15, 0.2) is 12.1 Å². The average Bonchev–Trinajstić information content (AvgIpc) is 3.48. The summed E-state index contributed by atoms with van der Waals surface area (Å²) < 4.78 is 11.7. The Bertz CT molecular complexity index is 1190. The van der Waals surface area contributed by atoms with E-state index in [-0.39, 0.29) is 12.4 Å². The van der Waals surface area contributed by atoms with Crippen molar-refractivity contribution in [2.75, 3.05) is 11.5 Å². The molecule has 2 aromatic carbocycles. The van der Waals surface area contributed by atoms with Gasteiger partial charge in [0.05, 0.1) is 12.3 Å². The van der Waals surface area contributed by atoms with Crippen LogP contribution in [0.4, 0.5) is 5.69 Å². The number of amides is 2. The summed E-state index contributed by atoms with van der Waals surface area (Å²) in [5, 5.41) is 13.4. The lowest BCUT2D eigenvalue weighted by Gasteiger charge is -2.19. The van der Waals surface area contributed by atoms with Crippen molar-refractivity contribution in [3.63, 3.8) is 0 Å². The monoisotopic (exact) mass is 496 g/mol. The maximum Gasteiger partial charge on any atom is 0.263 e. The minimum absolute atomic E-state index is 0.0599. The third-order valence-electron chi connectivity index (χ3n) is 5.13. The standard InChI is InChI=1S/C21H17BrN6O4/c1-2-31-15-9-7-14(8-10-15)28-20(29)17-18(21(28)30)27(26-24-17)11-16-23-19(25-32-16)12-3-5-13(22)6-4-12/h3-10,17-18H,2,11H2,1H3/t17-,18+/m0/s1. The Kier molecular flexibility index (Phi) is 5.17. The number of halogens is 1. The Morgan fingerprint density at radius 1 is 1.06 bits per heavy atom. The molecule has 10 nitrogen and oxygen atoms in total. The van der Waals surface area contributed by atoms with Gasteiger partial charge in [-0.1, -0.05) is 26.3 Å². The van der Waals surface area contributed by atoms with Gasteiger partial charge in [-0.3, -0.25) is 14.6 Å². The second kappa shape index (κ2) is 8.15. The zero-order chi connectivity index (χ0) is 22.2. The van der Waals surface area contributed by atoms with E-state index in [0.29, 0.717) is 23.9 Å². The van der Waals surface area contributed by atoms with E-state index in [1.54, 1.807) is 24.3 Å². The highest BCUT2D eigenvalue weighted by Crippen LogP contribution is 2.33. The van der Waals surface area contributed by atoms with Crippen LogP contribution in [0.2, 0.25) is 0 Å². The maximum absolute atomic E-state index is 13.1. The van der Waals surface area contributed by atoms with E-state index >= 15 is 0 Å². The molecule has 0 radical (unpaired) electrons. The summed E-state index contributed by atoms with van der Waals surface area (Å²) in [5.74, 6) is 0.528. The highest BCUT2D eigenvalue weighted by molar-refractivity contribution is 9.10. The van der Waals surface area contributed by atoms with Crippen LogP contribution in [0.15, 0.2) is 67.9 Å². The van der Waals surface area contributed by atoms with Crippen molar-refractivity contribution in [1.29, 1.82) is 0 Å². The van der Waals surface area contributed by atoms with Crippen LogP contribution in [0, 0.1) is 0 Å². The van der Waals surface area contributed by atoms with Gasteiger partial charge in [-0.15, -0.1) is 0 Å². The summed E-state index contributed by atoms with van der Waals surface area (Å²) in [6, 6.07) is 12.5. The topological polar surface area (TPSA) is 113 Å². The van der Waals surface area contributed by atoms with Crippen LogP contribution >= 0.6 is 15.9 Å². The normalized spacial score (nSPS) is 19.7. The molecule has 0 spiro atoms. The molecule has 0 aliphatic carbocycles. The Labute approximate surface area is 191 Å². The lowest BCUT2D eigenvalue weighted by atomic mass is 10.1. The van der Waals surface area contributed by atoms with Crippen molar-refractivity contribution >= 4 is 33.4 Å². The van der Waals surface area contributed by atoms with Crippen LogP contribution < -0.4 is 9.64 Å². The lowest BCUT2D eigenvalue weighted by molar-refractivity contribution is -0.123. The molecule has 2 aliphatic heterocycles. The molecule has 5 rings (SSSR count). The molecule has 2 amide bonds. The van der Waals surface area contributed by atoms with Gasteiger partial charge in [0, 0.05) is 10.0 Å². The molecule has 1 saturated heterocycles. The van der Waals surface area contributed by atoms with Gasteiger partial charge in [-0.05, 0) is 55.5 Å². The minimum atomic E-state index is -0.900. The third-order valence-corrected chi connectivity index (χ3v) is 5.66. The third kappa shape index (κ3) is 3.54. The van der Waals surface area contributed by atoms with Gasteiger partial charge in [0.25, 0.3) is 11.8 Å². The molecule has 1 fully saturated rings. The number of anilines is 1.